The monoisotopic (exact) mass is 449 g/mol. The van der Waals surface area contributed by atoms with Gasteiger partial charge in [0.15, 0.2) is 0 Å². The number of benzene rings is 3. The Balaban J connectivity index is 1.38. The van der Waals surface area contributed by atoms with Gasteiger partial charge in [-0.2, -0.15) is 0 Å². The molecule has 0 fully saturated rings. The number of carbonyl (C=O) groups is 1. The molecule has 0 radical (unpaired) electrons. The summed E-state index contributed by atoms with van der Waals surface area (Å²) >= 11 is 4.79. The van der Waals surface area contributed by atoms with Crippen molar-refractivity contribution in [3.63, 3.8) is 0 Å². The lowest BCUT2D eigenvalue weighted by atomic mass is 10.1. The Labute approximate surface area is 175 Å². The van der Waals surface area contributed by atoms with E-state index in [2.05, 4.69) is 31.4 Å². The molecule has 4 nitrogen and oxygen atoms in total. The molecular weight excluding hydrogens is 434 g/mol. The average Bonchev–Trinajstić information content (AvgIpc) is 2.74. The molecule has 0 aliphatic rings. The Morgan fingerprint density at radius 2 is 1.68 bits per heavy atom. The highest BCUT2D eigenvalue weighted by atomic mass is 79.9. The van der Waals surface area contributed by atoms with Gasteiger partial charge in [0, 0.05) is 21.1 Å². The molecule has 1 N–H and O–H groups in total. The summed E-state index contributed by atoms with van der Waals surface area (Å²) in [7, 11) is 0. The minimum atomic E-state index is -0.0693. The Hall–Kier alpha value is -2.70. The molecule has 0 saturated heterocycles. The third-order valence-electron chi connectivity index (χ3n) is 4.19. The van der Waals surface area contributed by atoms with Crippen LogP contribution in [0.4, 0.5) is 5.69 Å². The first-order chi connectivity index (χ1) is 13.7. The summed E-state index contributed by atoms with van der Waals surface area (Å²) in [6.45, 7) is 0. The van der Waals surface area contributed by atoms with Gasteiger partial charge in [0.1, 0.15) is 5.03 Å². The number of nitrogens with zero attached hydrogens (tertiary/aromatic N) is 2. The Bertz CT molecular complexity index is 1110. The first-order valence-corrected chi connectivity index (χ1v) is 10.5. The highest BCUT2D eigenvalue weighted by Crippen LogP contribution is 2.24. The second-order valence-corrected chi connectivity index (χ2v) is 8.04. The molecule has 0 saturated carbocycles. The molecular formula is C22H16BrN3OS. The van der Waals surface area contributed by atoms with Crippen LogP contribution >= 0.6 is 27.7 Å². The number of carbonyl (C=O) groups excluding carboxylic acids is 1. The zero-order chi connectivity index (χ0) is 19.3. The van der Waals surface area contributed by atoms with Crippen LogP contribution in [0.5, 0.6) is 0 Å². The van der Waals surface area contributed by atoms with Gasteiger partial charge in [-0.05, 0) is 35.7 Å². The standard InChI is InChI=1S/C22H16BrN3OS/c23-17-10-8-16(9-11-17)19-12-13-22(26-25-19)28-14-21(27)24-20-7-3-5-15-4-1-2-6-18(15)20/h1-13H,14H2,(H,24,27). The molecule has 0 spiro atoms. The molecule has 0 unspecified atom stereocenters. The summed E-state index contributed by atoms with van der Waals surface area (Å²) in [6.07, 6.45) is 0. The number of anilines is 1. The van der Waals surface area contributed by atoms with Gasteiger partial charge in [-0.1, -0.05) is 76.2 Å². The number of hydrogen-bond acceptors (Lipinski definition) is 4. The maximum absolute atomic E-state index is 12.4. The van der Waals surface area contributed by atoms with Crippen LogP contribution in [0, 0.1) is 0 Å². The summed E-state index contributed by atoms with van der Waals surface area (Å²) < 4.78 is 1.02. The number of thioether (sulfide) groups is 1. The molecule has 4 rings (SSSR count). The van der Waals surface area contributed by atoms with E-state index in [1.165, 1.54) is 11.8 Å². The molecule has 0 aliphatic heterocycles. The van der Waals surface area contributed by atoms with Crippen LogP contribution in [0.2, 0.25) is 0 Å². The van der Waals surface area contributed by atoms with Crippen LogP contribution in [-0.4, -0.2) is 21.9 Å². The van der Waals surface area contributed by atoms with E-state index in [1.807, 2.05) is 78.9 Å². The zero-order valence-corrected chi connectivity index (χ0v) is 17.2. The van der Waals surface area contributed by atoms with Crippen LogP contribution in [0.1, 0.15) is 0 Å². The lowest BCUT2D eigenvalue weighted by Gasteiger charge is -2.08. The topological polar surface area (TPSA) is 54.9 Å². The SMILES string of the molecule is O=C(CSc1ccc(-c2ccc(Br)cc2)nn1)Nc1cccc2ccccc12. The minimum absolute atomic E-state index is 0.0693. The largest absolute Gasteiger partial charge is 0.325 e. The van der Waals surface area contributed by atoms with Gasteiger partial charge in [-0.25, -0.2) is 0 Å². The number of halogens is 1. The molecule has 1 heterocycles. The van der Waals surface area contributed by atoms with Crippen molar-refractivity contribution in [3.05, 3.63) is 83.3 Å². The van der Waals surface area contributed by atoms with E-state index in [0.29, 0.717) is 5.03 Å². The van der Waals surface area contributed by atoms with Crippen LogP contribution in [0.3, 0.4) is 0 Å². The third-order valence-corrected chi connectivity index (χ3v) is 5.64. The number of hydrogen-bond donors (Lipinski definition) is 1. The van der Waals surface area contributed by atoms with Crippen molar-refractivity contribution in [3.8, 4) is 11.3 Å². The molecule has 138 valence electrons. The van der Waals surface area contributed by atoms with Gasteiger partial charge in [0.2, 0.25) is 5.91 Å². The number of nitrogens with one attached hydrogen (secondary N) is 1. The predicted molar refractivity (Wildman–Crippen MR) is 118 cm³/mol. The second-order valence-electron chi connectivity index (χ2n) is 6.13. The molecule has 28 heavy (non-hydrogen) atoms. The van der Waals surface area contributed by atoms with E-state index in [4.69, 9.17) is 0 Å². The highest BCUT2D eigenvalue weighted by molar-refractivity contribution is 9.10. The number of rotatable bonds is 5. The lowest BCUT2D eigenvalue weighted by molar-refractivity contribution is -0.113. The van der Waals surface area contributed by atoms with Crippen molar-refractivity contribution >= 4 is 50.1 Å². The average molecular weight is 450 g/mol. The maximum Gasteiger partial charge on any atom is 0.234 e. The van der Waals surface area contributed by atoms with Gasteiger partial charge in [-0.3, -0.25) is 4.79 Å². The summed E-state index contributed by atoms with van der Waals surface area (Å²) in [6, 6.07) is 25.6. The molecule has 1 aromatic heterocycles. The number of amides is 1. The fourth-order valence-electron chi connectivity index (χ4n) is 2.83. The molecule has 0 atom stereocenters. The minimum Gasteiger partial charge on any atom is -0.325 e. The van der Waals surface area contributed by atoms with Gasteiger partial charge in [-0.15, -0.1) is 10.2 Å². The molecule has 0 aliphatic carbocycles. The van der Waals surface area contributed by atoms with Gasteiger partial charge in [0.05, 0.1) is 11.4 Å². The van der Waals surface area contributed by atoms with Crippen molar-refractivity contribution in [2.45, 2.75) is 5.03 Å². The van der Waals surface area contributed by atoms with E-state index >= 15 is 0 Å². The van der Waals surface area contributed by atoms with Gasteiger partial charge in [0.25, 0.3) is 0 Å². The van der Waals surface area contributed by atoms with Crippen molar-refractivity contribution in [2.75, 3.05) is 11.1 Å². The highest BCUT2D eigenvalue weighted by Gasteiger charge is 2.08. The molecule has 0 bridgehead atoms. The van der Waals surface area contributed by atoms with Crippen LogP contribution in [-0.2, 0) is 4.79 Å². The van der Waals surface area contributed by atoms with Crippen molar-refractivity contribution < 1.29 is 4.79 Å². The molecule has 1 amide bonds. The Kier molecular flexibility index (Phi) is 5.69. The van der Waals surface area contributed by atoms with Crippen LogP contribution in [0.25, 0.3) is 22.0 Å². The fourth-order valence-corrected chi connectivity index (χ4v) is 3.71. The maximum atomic E-state index is 12.4. The zero-order valence-electron chi connectivity index (χ0n) is 14.8. The first-order valence-electron chi connectivity index (χ1n) is 8.69. The smallest absolute Gasteiger partial charge is 0.234 e. The summed E-state index contributed by atoms with van der Waals surface area (Å²) in [5.74, 6) is 0.204. The normalized spacial score (nSPS) is 10.8. The molecule has 3 aromatic carbocycles. The fraction of sp³-hybridized carbons (Fsp3) is 0.0455. The van der Waals surface area contributed by atoms with Crippen LogP contribution < -0.4 is 5.32 Å². The van der Waals surface area contributed by atoms with E-state index in [0.717, 1.165) is 32.2 Å². The number of aromatic nitrogens is 2. The van der Waals surface area contributed by atoms with E-state index in [9.17, 15) is 4.79 Å². The van der Waals surface area contributed by atoms with Crippen molar-refractivity contribution in [1.82, 2.24) is 10.2 Å². The molecule has 6 heteroatoms. The van der Waals surface area contributed by atoms with Gasteiger partial charge >= 0.3 is 0 Å². The van der Waals surface area contributed by atoms with E-state index in [1.54, 1.807) is 0 Å². The Morgan fingerprint density at radius 1 is 0.893 bits per heavy atom. The van der Waals surface area contributed by atoms with Crippen molar-refractivity contribution in [1.29, 1.82) is 0 Å². The number of fused-ring (bicyclic) bond motifs is 1. The van der Waals surface area contributed by atoms with Crippen molar-refractivity contribution in [2.24, 2.45) is 0 Å². The third kappa shape index (κ3) is 4.40. The summed E-state index contributed by atoms with van der Waals surface area (Å²) in [5, 5.41) is 14.3. The summed E-state index contributed by atoms with van der Waals surface area (Å²) in [4.78, 5) is 12.4. The lowest BCUT2D eigenvalue weighted by Crippen LogP contribution is -2.14. The van der Waals surface area contributed by atoms with E-state index < -0.39 is 0 Å². The first kappa shape index (κ1) is 18.7. The molecule has 4 aromatic rings. The Morgan fingerprint density at radius 3 is 2.46 bits per heavy atom. The van der Waals surface area contributed by atoms with Crippen LogP contribution in [0.15, 0.2) is 88.4 Å². The second kappa shape index (κ2) is 8.54. The van der Waals surface area contributed by atoms with E-state index in [-0.39, 0.29) is 11.7 Å². The predicted octanol–water partition coefficient (Wildman–Crippen LogP) is 5.79. The summed E-state index contributed by atoms with van der Waals surface area (Å²) in [5.41, 5.74) is 2.62. The van der Waals surface area contributed by atoms with Gasteiger partial charge < -0.3 is 5.32 Å². The quantitative estimate of drug-likeness (QED) is 0.391.